The fourth-order valence-corrected chi connectivity index (χ4v) is 3.02. The van der Waals surface area contributed by atoms with E-state index in [2.05, 4.69) is 46.9 Å². The van der Waals surface area contributed by atoms with E-state index in [1.807, 2.05) is 48.5 Å². The maximum absolute atomic E-state index is 12.4. The molecule has 0 saturated carbocycles. The molecule has 2 heterocycles. The molecule has 8 heteroatoms. The zero-order chi connectivity index (χ0) is 17.9. The zero-order valence-corrected chi connectivity index (χ0v) is 15.0. The minimum Gasteiger partial charge on any atom is -0.281 e. The lowest BCUT2D eigenvalue weighted by Gasteiger charge is -2.08. The molecule has 0 atom stereocenters. The van der Waals surface area contributed by atoms with Gasteiger partial charge in [0.15, 0.2) is 5.82 Å². The van der Waals surface area contributed by atoms with E-state index in [1.165, 1.54) is 6.33 Å². The van der Waals surface area contributed by atoms with Crippen molar-refractivity contribution in [2.24, 2.45) is 0 Å². The molecule has 1 amide bonds. The number of aromatic amines is 1. The van der Waals surface area contributed by atoms with Gasteiger partial charge >= 0.3 is 0 Å². The smallest absolute Gasteiger partial charge is 0.281 e. The Hall–Kier alpha value is -3.26. The van der Waals surface area contributed by atoms with E-state index in [0.29, 0.717) is 17.2 Å². The van der Waals surface area contributed by atoms with E-state index in [1.54, 1.807) is 6.07 Å². The van der Waals surface area contributed by atoms with E-state index < -0.39 is 0 Å². The van der Waals surface area contributed by atoms with Gasteiger partial charge in [-0.3, -0.25) is 20.7 Å². The number of carbonyl (C=O) groups is 1. The number of nitrogens with one attached hydrogen (secondary N) is 3. The van der Waals surface area contributed by atoms with Gasteiger partial charge in [0.05, 0.1) is 11.2 Å². The fraction of sp³-hybridized carbons (Fsp3) is 0. The highest BCUT2D eigenvalue weighted by atomic mass is 79.9. The van der Waals surface area contributed by atoms with Crippen molar-refractivity contribution in [1.82, 2.24) is 25.6 Å². The van der Waals surface area contributed by atoms with Crippen molar-refractivity contribution >= 4 is 38.6 Å². The number of aromatic nitrogens is 4. The molecule has 128 valence electrons. The third-order valence-electron chi connectivity index (χ3n) is 3.81. The van der Waals surface area contributed by atoms with Gasteiger partial charge in [-0.15, -0.1) is 0 Å². The first-order valence-electron chi connectivity index (χ1n) is 7.79. The van der Waals surface area contributed by atoms with Crippen LogP contribution in [-0.4, -0.2) is 26.1 Å². The first-order valence-corrected chi connectivity index (χ1v) is 8.58. The average molecular weight is 409 g/mol. The summed E-state index contributed by atoms with van der Waals surface area (Å²) in [4.78, 5) is 20.7. The SMILES string of the molecule is O=C(NNc1ncnc2ccccc12)c1cc(-c2ccccc2Br)n[nH]1. The van der Waals surface area contributed by atoms with Crippen LogP contribution in [0, 0.1) is 0 Å². The molecular formula is C18H13BrN6O. The second-order valence-electron chi connectivity index (χ2n) is 5.47. The van der Waals surface area contributed by atoms with Crippen LogP contribution in [0.4, 0.5) is 5.82 Å². The largest absolute Gasteiger partial charge is 0.287 e. The van der Waals surface area contributed by atoms with E-state index in [0.717, 1.165) is 20.9 Å². The monoisotopic (exact) mass is 408 g/mol. The number of carbonyl (C=O) groups excluding carboxylic acids is 1. The van der Waals surface area contributed by atoms with Gasteiger partial charge < -0.3 is 0 Å². The van der Waals surface area contributed by atoms with Gasteiger partial charge in [0.25, 0.3) is 5.91 Å². The molecule has 0 unspecified atom stereocenters. The molecular weight excluding hydrogens is 396 g/mol. The van der Waals surface area contributed by atoms with Crippen molar-refractivity contribution < 1.29 is 4.79 Å². The number of benzene rings is 2. The molecule has 0 fully saturated rings. The van der Waals surface area contributed by atoms with Crippen molar-refractivity contribution in [3.05, 3.63) is 71.1 Å². The summed E-state index contributed by atoms with van der Waals surface area (Å²) < 4.78 is 0.907. The van der Waals surface area contributed by atoms with Crippen LogP contribution in [0.25, 0.3) is 22.2 Å². The Labute approximate surface area is 157 Å². The lowest BCUT2D eigenvalue weighted by molar-refractivity contribution is 0.0957. The maximum atomic E-state index is 12.4. The summed E-state index contributed by atoms with van der Waals surface area (Å²) in [5, 5.41) is 7.77. The lowest BCUT2D eigenvalue weighted by atomic mass is 10.1. The number of nitrogens with zero attached hydrogens (tertiary/aromatic N) is 3. The molecule has 0 saturated heterocycles. The normalized spacial score (nSPS) is 10.7. The highest BCUT2D eigenvalue weighted by molar-refractivity contribution is 9.10. The average Bonchev–Trinajstić information content (AvgIpc) is 3.16. The number of hydrogen-bond donors (Lipinski definition) is 3. The topological polar surface area (TPSA) is 95.6 Å². The van der Waals surface area contributed by atoms with Gasteiger partial charge in [-0.2, -0.15) is 5.10 Å². The summed E-state index contributed by atoms with van der Waals surface area (Å²) in [5.74, 6) is 0.174. The molecule has 0 aliphatic heterocycles. The molecule has 4 aromatic rings. The third kappa shape index (κ3) is 3.14. The van der Waals surface area contributed by atoms with E-state index in [4.69, 9.17) is 0 Å². The van der Waals surface area contributed by atoms with E-state index in [-0.39, 0.29) is 5.91 Å². The summed E-state index contributed by atoms with van der Waals surface area (Å²) in [5.41, 5.74) is 8.16. The number of fused-ring (bicyclic) bond motifs is 1. The zero-order valence-electron chi connectivity index (χ0n) is 13.4. The summed E-state index contributed by atoms with van der Waals surface area (Å²) in [6.45, 7) is 0. The van der Waals surface area contributed by atoms with Crippen LogP contribution >= 0.6 is 15.9 Å². The number of amides is 1. The number of halogens is 1. The van der Waals surface area contributed by atoms with Gasteiger partial charge in [-0.05, 0) is 24.3 Å². The van der Waals surface area contributed by atoms with E-state index in [9.17, 15) is 4.79 Å². The van der Waals surface area contributed by atoms with Crippen molar-refractivity contribution in [1.29, 1.82) is 0 Å². The number of rotatable bonds is 4. The van der Waals surface area contributed by atoms with Gasteiger partial charge in [0.2, 0.25) is 0 Å². The Morgan fingerprint density at radius 3 is 2.73 bits per heavy atom. The Bertz CT molecular complexity index is 1090. The quantitative estimate of drug-likeness (QED) is 0.448. The van der Waals surface area contributed by atoms with Crippen molar-refractivity contribution in [3.8, 4) is 11.3 Å². The Morgan fingerprint density at radius 1 is 1.04 bits per heavy atom. The predicted molar refractivity (Wildman–Crippen MR) is 102 cm³/mol. The highest BCUT2D eigenvalue weighted by Gasteiger charge is 2.13. The minimum atomic E-state index is -0.349. The standard InChI is InChI=1S/C18H13BrN6O/c19-13-7-3-1-5-11(13)15-9-16(23-22-15)18(26)25-24-17-12-6-2-4-8-14(12)20-10-21-17/h1-10H,(H,22,23)(H,25,26)(H,20,21,24). The summed E-state index contributed by atoms with van der Waals surface area (Å²) >= 11 is 3.48. The Balaban J connectivity index is 1.51. The molecule has 2 aromatic carbocycles. The third-order valence-corrected chi connectivity index (χ3v) is 4.50. The second-order valence-corrected chi connectivity index (χ2v) is 6.32. The van der Waals surface area contributed by atoms with Crippen LogP contribution < -0.4 is 10.9 Å². The Kier molecular flexibility index (Phi) is 4.32. The molecule has 0 aliphatic carbocycles. The number of H-pyrrole nitrogens is 1. The predicted octanol–water partition coefficient (Wildman–Crippen LogP) is 3.54. The molecule has 4 rings (SSSR count). The van der Waals surface area contributed by atoms with Crippen LogP contribution in [0.3, 0.4) is 0 Å². The molecule has 7 nitrogen and oxygen atoms in total. The van der Waals surface area contributed by atoms with Gasteiger partial charge in [0.1, 0.15) is 12.0 Å². The van der Waals surface area contributed by atoms with Crippen molar-refractivity contribution in [2.75, 3.05) is 5.43 Å². The second kappa shape index (κ2) is 6.93. The van der Waals surface area contributed by atoms with Crippen LogP contribution in [0.1, 0.15) is 10.5 Å². The van der Waals surface area contributed by atoms with Gasteiger partial charge in [0, 0.05) is 15.4 Å². The van der Waals surface area contributed by atoms with E-state index >= 15 is 0 Å². The first-order chi connectivity index (χ1) is 12.7. The molecule has 3 N–H and O–H groups in total. The number of hydrogen-bond acceptors (Lipinski definition) is 5. The van der Waals surface area contributed by atoms with Crippen molar-refractivity contribution in [2.45, 2.75) is 0 Å². The maximum Gasteiger partial charge on any atom is 0.287 e. The molecule has 0 radical (unpaired) electrons. The molecule has 0 bridgehead atoms. The summed E-state index contributed by atoms with van der Waals surface area (Å²) in [7, 11) is 0. The summed E-state index contributed by atoms with van der Waals surface area (Å²) in [6, 6.07) is 16.9. The Morgan fingerprint density at radius 2 is 1.85 bits per heavy atom. The molecule has 2 aromatic heterocycles. The van der Waals surface area contributed by atoms with Crippen LogP contribution in [0.5, 0.6) is 0 Å². The van der Waals surface area contributed by atoms with Crippen LogP contribution in [0.15, 0.2) is 65.4 Å². The van der Waals surface area contributed by atoms with Crippen molar-refractivity contribution in [3.63, 3.8) is 0 Å². The molecule has 26 heavy (non-hydrogen) atoms. The number of para-hydroxylation sites is 1. The molecule has 0 spiro atoms. The minimum absolute atomic E-state index is 0.335. The molecule has 0 aliphatic rings. The highest BCUT2D eigenvalue weighted by Crippen LogP contribution is 2.26. The number of anilines is 1. The van der Waals surface area contributed by atoms with Crippen LogP contribution in [0.2, 0.25) is 0 Å². The van der Waals surface area contributed by atoms with Gasteiger partial charge in [-0.25, -0.2) is 9.97 Å². The lowest BCUT2D eigenvalue weighted by Crippen LogP contribution is -2.30. The summed E-state index contributed by atoms with van der Waals surface area (Å²) in [6.07, 6.45) is 1.44. The van der Waals surface area contributed by atoms with Gasteiger partial charge in [-0.1, -0.05) is 46.3 Å². The number of hydrazine groups is 1. The fourth-order valence-electron chi connectivity index (χ4n) is 2.53. The first kappa shape index (κ1) is 16.2. The van der Waals surface area contributed by atoms with Crippen LogP contribution in [-0.2, 0) is 0 Å².